The molecular weight excluding hydrogens is 352 g/mol. The van der Waals surface area contributed by atoms with Gasteiger partial charge in [0.2, 0.25) is 0 Å². The lowest BCUT2D eigenvalue weighted by Gasteiger charge is -2.59. The maximum Gasteiger partial charge on any atom is 0.322 e. The Hall–Kier alpha value is -2.88. The molecule has 2 aromatic carbocycles. The van der Waals surface area contributed by atoms with Crippen molar-refractivity contribution in [2.24, 2.45) is 22.7 Å². The number of hydrogen-bond acceptors (Lipinski definition) is 4. The molecule has 2 fully saturated rings. The zero-order chi connectivity index (χ0) is 18.8. The summed E-state index contributed by atoms with van der Waals surface area (Å²) in [6.07, 6.45) is 5.17. The first-order valence-corrected chi connectivity index (χ1v) is 9.87. The van der Waals surface area contributed by atoms with Crippen molar-refractivity contribution in [1.29, 1.82) is 0 Å². The number of fused-ring (bicyclic) bond motifs is 2. The van der Waals surface area contributed by atoms with E-state index in [2.05, 4.69) is 36.4 Å². The van der Waals surface area contributed by atoms with E-state index in [9.17, 15) is 9.59 Å². The predicted octanol–water partition coefficient (Wildman–Crippen LogP) is 3.55. The maximum absolute atomic E-state index is 13.5. The molecule has 5 aliphatic carbocycles. The van der Waals surface area contributed by atoms with Gasteiger partial charge in [0.25, 0.3) is 0 Å². The number of hydrogen-bond donors (Lipinski definition) is 0. The topological polar surface area (TPSA) is 52.6 Å². The minimum Gasteiger partial charge on any atom is -0.497 e. The van der Waals surface area contributed by atoms with Crippen LogP contribution in [-0.4, -0.2) is 19.0 Å². The largest absolute Gasteiger partial charge is 0.497 e. The highest BCUT2D eigenvalue weighted by atomic mass is 16.6. The van der Waals surface area contributed by atoms with Crippen LogP contribution in [0.15, 0.2) is 54.6 Å². The first-order valence-electron chi connectivity index (χ1n) is 9.87. The van der Waals surface area contributed by atoms with Gasteiger partial charge in [-0.05, 0) is 52.6 Å². The summed E-state index contributed by atoms with van der Waals surface area (Å²) in [5.74, 6) is -0.120. The van der Waals surface area contributed by atoms with E-state index in [1.807, 2.05) is 18.2 Å². The van der Waals surface area contributed by atoms with Crippen molar-refractivity contribution in [1.82, 2.24) is 0 Å². The highest BCUT2D eigenvalue weighted by Crippen LogP contribution is 2.82. The molecule has 4 nitrogen and oxygen atoms in total. The quantitative estimate of drug-likeness (QED) is 0.438. The lowest BCUT2D eigenvalue weighted by atomic mass is 9.38. The first-order chi connectivity index (χ1) is 13.7. The number of esters is 2. The molecule has 2 aromatic rings. The molecule has 1 saturated carbocycles. The molecule has 138 valence electrons. The van der Waals surface area contributed by atoms with Gasteiger partial charge in [-0.2, -0.15) is 0 Å². The molecule has 0 aromatic heterocycles. The smallest absolute Gasteiger partial charge is 0.322 e. The normalized spacial score (nSPS) is 40.0. The summed E-state index contributed by atoms with van der Waals surface area (Å²) in [6.45, 7) is 0. The molecule has 28 heavy (non-hydrogen) atoms. The van der Waals surface area contributed by atoms with Crippen molar-refractivity contribution >= 4 is 11.9 Å². The summed E-state index contributed by atoms with van der Waals surface area (Å²) in [4.78, 5) is 26.9. The predicted molar refractivity (Wildman–Crippen MR) is 99.8 cm³/mol. The van der Waals surface area contributed by atoms with Gasteiger partial charge in [0.15, 0.2) is 0 Å². The first kappa shape index (κ1) is 15.1. The Morgan fingerprint density at radius 2 is 1.43 bits per heavy atom. The minimum atomic E-state index is -0.831. The van der Waals surface area contributed by atoms with E-state index in [4.69, 9.17) is 9.47 Å². The van der Waals surface area contributed by atoms with Gasteiger partial charge in [0.05, 0.1) is 7.11 Å². The number of ether oxygens (including phenoxy) is 2. The Balaban J connectivity index is 1.68. The standard InChI is InChI=1S/C24H18O4/c1-27-14-8-9-17-18(11-14)20-16-5-3-2-4-15(16)19(17)23-12-6-7-13(10-12)24(20,23)22(26)28-21(23)25/h2-9,11-13,19-20H,10H2,1H3/t12-,13+,19+,20-,23-,24-/m0/s1. The number of carbonyl (C=O) groups excluding carboxylic acids is 2. The van der Waals surface area contributed by atoms with Gasteiger partial charge in [-0.1, -0.05) is 42.5 Å². The molecule has 0 amide bonds. The van der Waals surface area contributed by atoms with Crippen LogP contribution in [0, 0.1) is 22.7 Å². The molecule has 0 radical (unpaired) electrons. The van der Waals surface area contributed by atoms with Crippen molar-refractivity contribution in [3.05, 3.63) is 76.9 Å². The van der Waals surface area contributed by atoms with E-state index >= 15 is 0 Å². The second kappa shape index (κ2) is 4.40. The van der Waals surface area contributed by atoms with Crippen LogP contribution >= 0.6 is 0 Å². The summed E-state index contributed by atoms with van der Waals surface area (Å²) in [5, 5.41) is 0. The van der Waals surface area contributed by atoms with Gasteiger partial charge in [0, 0.05) is 11.8 Å². The summed E-state index contributed by atoms with van der Waals surface area (Å²) in [6, 6.07) is 14.4. The zero-order valence-electron chi connectivity index (χ0n) is 15.3. The third-order valence-corrected chi connectivity index (χ3v) is 8.24. The van der Waals surface area contributed by atoms with Gasteiger partial charge in [-0.3, -0.25) is 9.59 Å². The third-order valence-electron chi connectivity index (χ3n) is 8.24. The fourth-order valence-corrected chi connectivity index (χ4v) is 7.57. The number of benzene rings is 2. The van der Waals surface area contributed by atoms with Crippen LogP contribution in [-0.2, 0) is 14.3 Å². The number of carbonyl (C=O) groups is 2. The average molecular weight is 370 g/mol. The molecule has 6 atom stereocenters. The highest BCUT2D eigenvalue weighted by Gasteiger charge is 2.86. The van der Waals surface area contributed by atoms with Crippen molar-refractivity contribution in [2.75, 3.05) is 7.11 Å². The number of rotatable bonds is 1. The van der Waals surface area contributed by atoms with E-state index in [1.54, 1.807) is 7.11 Å². The van der Waals surface area contributed by atoms with Gasteiger partial charge in [-0.25, -0.2) is 0 Å². The van der Waals surface area contributed by atoms with Crippen LogP contribution in [0.2, 0.25) is 0 Å². The van der Waals surface area contributed by atoms with Gasteiger partial charge in [0.1, 0.15) is 16.6 Å². The monoisotopic (exact) mass is 370 g/mol. The molecular formula is C24H18O4. The molecule has 1 heterocycles. The summed E-state index contributed by atoms with van der Waals surface area (Å²) >= 11 is 0. The summed E-state index contributed by atoms with van der Waals surface area (Å²) in [5.41, 5.74) is 2.95. The van der Waals surface area contributed by atoms with Gasteiger partial charge >= 0.3 is 11.9 Å². The van der Waals surface area contributed by atoms with E-state index in [0.717, 1.165) is 28.9 Å². The van der Waals surface area contributed by atoms with Crippen molar-refractivity contribution in [3.8, 4) is 5.75 Å². The second-order valence-corrected chi connectivity index (χ2v) is 8.74. The van der Waals surface area contributed by atoms with E-state index in [0.29, 0.717) is 0 Å². The Labute approximate surface area is 162 Å². The molecule has 8 rings (SSSR count). The van der Waals surface area contributed by atoms with Crippen LogP contribution in [0.5, 0.6) is 5.75 Å². The lowest BCUT2D eigenvalue weighted by molar-refractivity contribution is -0.157. The van der Waals surface area contributed by atoms with Crippen molar-refractivity contribution in [2.45, 2.75) is 18.3 Å². The van der Waals surface area contributed by atoms with Gasteiger partial charge < -0.3 is 9.47 Å². The van der Waals surface area contributed by atoms with Crippen LogP contribution in [0.3, 0.4) is 0 Å². The van der Waals surface area contributed by atoms with Crippen LogP contribution in [0.25, 0.3) is 0 Å². The van der Waals surface area contributed by atoms with Gasteiger partial charge in [-0.15, -0.1) is 0 Å². The third kappa shape index (κ3) is 1.20. The Bertz CT molecular complexity index is 1150. The van der Waals surface area contributed by atoms with Crippen LogP contribution < -0.4 is 4.74 Å². The highest BCUT2D eigenvalue weighted by molar-refractivity contribution is 6.07. The van der Waals surface area contributed by atoms with E-state index in [1.165, 1.54) is 5.56 Å². The van der Waals surface area contributed by atoms with Crippen molar-refractivity contribution in [3.63, 3.8) is 0 Å². The Morgan fingerprint density at radius 1 is 0.857 bits per heavy atom. The lowest BCUT2D eigenvalue weighted by Crippen LogP contribution is -2.60. The maximum atomic E-state index is 13.5. The fraction of sp³-hybridized carbons (Fsp3) is 0.333. The molecule has 0 N–H and O–H groups in total. The average Bonchev–Trinajstić information content (AvgIpc) is 3.39. The molecule has 4 bridgehead atoms. The summed E-state index contributed by atoms with van der Waals surface area (Å²) < 4.78 is 11.0. The molecule has 1 saturated heterocycles. The van der Waals surface area contributed by atoms with Crippen LogP contribution in [0.4, 0.5) is 0 Å². The molecule has 0 spiro atoms. The Kier molecular flexibility index (Phi) is 2.37. The number of allylic oxidation sites excluding steroid dienone is 2. The second-order valence-electron chi connectivity index (χ2n) is 8.74. The van der Waals surface area contributed by atoms with E-state index < -0.39 is 10.8 Å². The Morgan fingerprint density at radius 3 is 2.04 bits per heavy atom. The SMILES string of the molecule is COc1ccc2c(c1)[C@@H]1c3ccccc3[C@H]2[C@@]23C(=O)OC(=O)[C@]12[C@@H]1C=C[C@H]3C1. The van der Waals surface area contributed by atoms with E-state index in [-0.39, 0.29) is 35.6 Å². The molecule has 1 aliphatic heterocycles. The molecule has 4 heteroatoms. The zero-order valence-corrected chi connectivity index (χ0v) is 15.3. The van der Waals surface area contributed by atoms with Crippen LogP contribution in [0.1, 0.15) is 40.5 Å². The number of cyclic esters (lactones) is 2. The molecule has 0 unspecified atom stereocenters. The minimum absolute atomic E-state index is 0.0386. The van der Waals surface area contributed by atoms with Crippen molar-refractivity contribution < 1.29 is 19.1 Å². The summed E-state index contributed by atoms with van der Waals surface area (Å²) in [7, 11) is 1.66. The molecule has 6 aliphatic rings. The fourth-order valence-electron chi connectivity index (χ4n) is 7.57. The number of methoxy groups -OCH3 is 1.